The molecule has 0 spiro atoms. The molecular formula is C60H45FN2. The van der Waals surface area contributed by atoms with E-state index in [1.165, 1.54) is 88.6 Å². The molecular weight excluding hydrogens is 768 g/mol. The van der Waals surface area contributed by atoms with Crippen LogP contribution < -0.4 is 4.90 Å². The zero-order chi connectivity index (χ0) is 42.6. The molecule has 0 bridgehead atoms. The average Bonchev–Trinajstić information content (AvgIpc) is 3.86. The lowest BCUT2D eigenvalue weighted by atomic mass is 9.81. The van der Waals surface area contributed by atoms with Crippen molar-refractivity contribution in [2.75, 3.05) is 4.90 Å². The third kappa shape index (κ3) is 5.69. The summed E-state index contributed by atoms with van der Waals surface area (Å²) in [5.74, 6) is -0.246. The van der Waals surface area contributed by atoms with Crippen molar-refractivity contribution >= 4 is 38.9 Å². The number of para-hydroxylation sites is 1. The summed E-state index contributed by atoms with van der Waals surface area (Å²) in [4.78, 5) is 2.28. The molecule has 10 aromatic rings. The van der Waals surface area contributed by atoms with Gasteiger partial charge in [0.15, 0.2) is 0 Å². The Morgan fingerprint density at radius 3 is 1.57 bits per heavy atom. The molecule has 0 atom stereocenters. The topological polar surface area (TPSA) is 8.17 Å². The summed E-state index contributed by atoms with van der Waals surface area (Å²) in [6, 6.07) is 71.5. The number of fused-ring (bicyclic) bond motifs is 9. The molecule has 0 unspecified atom stereocenters. The van der Waals surface area contributed by atoms with Crippen molar-refractivity contribution < 1.29 is 4.39 Å². The number of anilines is 3. The number of rotatable bonds is 6. The zero-order valence-electron chi connectivity index (χ0n) is 35.8. The van der Waals surface area contributed by atoms with Gasteiger partial charge in [0.1, 0.15) is 5.82 Å². The number of aromatic nitrogens is 1. The van der Waals surface area contributed by atoms with E-state index in [2.05, 4.69) is 213 Å². The fraction of sp³-hybridized carbons (Fsp3) is 0.100. The minimum atomic E-state index is -0.265. The largest absolute Gasteiger partial charge is 0.310 e. The molecule has 2 aliphatic carbocycles. The molecule has 1 aromatic heterocycles. The van der Waals surface area contributed by atoms with Crippen molar-refractivity contribution in [1.29, 1.82) is 0 Å². The van der Waals surface area contributed by atoms with Crippen molar-refractivity contribution in [3.05, 3.63) is 228 Å². The van der Waals surface area contributed by atoms with Crippen LogP contribution in [-0.4, -0.2) is 4.57 Å². The van der Waals surface area contributed by atoms with E-state index in [0.29, 0.717) is 0 Å². The second-order valence-corrected chi connectivity index (χ2v) is 18.3. The maximum atomic E-state index is 14.4. The highest BCUT2D eigenvalue weighted by Crippen LogP contribution is 2.54. The van der Waals surface area contributed by atoms with E-state index < -0.39 is 0 Å². The highest BCUT2D eigenvalue weighted by Gasteiger charge is 2.38. The summed E-state index contributed by atoms with van der Waals surface area (Å²) in [6.45, 7) is 9.33. The Balaban J connectivity index is 0.923. The van der Waals surface area contributed by atoms with Gasteiger partial charge in [-0.1, -0.05) is 143 Å². The maximum absolute atomic E-state index is 14.4. The molecule has 0 saturated carbocycles. The molecule has 0 radical (unpaired) electrons. The van der Waals surface area contributed by atoms with Gasteiger partial charge in [0, 0.05) is 44.4 Å². The molecule has 302 valence electrons. The van der Waals surface area contributed by atoms with Crippen LogP contribution in [0.5, 0.6) is 0 Å². The molecule has 0 amide bonds. The van der Waals surface area contributed by atoms with Crippen LogP contribution in [0.25, 0.3) is 72.0 Å². The van der Waals surface area contributed by atoms with Crippen molar-refractivity contribution in [3.63, 3.8) is 0 Å². The van der Waals surface area contributed by atoms with Gasteiger partial charge in [-0.15, -0.1) is 0 Å². The highest BCUT2D eigenvalue weighted by molar-refractivity contribution is 6.10. The molecule has 3 heteroatoms. The first kappa shape index (κ1) is 37.3. The van der Waals surface area contributed by atoms with E-state index in [4.69, 9.17) is 0 Å². The summed E-state index contributed by atoms with van der Waals surface area (Å²) in [5, 5.41) is 2.48. The fourth-order valence-electron chi connectivity index (χ4n) is 10.8. The minimum Gasteiger partial charge on any atom is -0.310 e. The lowest BCUT2D eigenvalue weighted by Gasteiger charge is -2.29. The Morgan fingerprint density at radius 1 is 0.365 bits per heavy atom. The normalized spacial score (nSPS) is 14.0. The van der Waals surface area contributed by atoms with Crippen LogP contribution in [0.1, 0.15) is 49.9 Å². The number of halogens is 1. The highest BCUT2D eigenvalue weighted by atomic mass is 19.1. The van der Waals surface area contributed by atoms with Crippen molar-refractivity contribution in [3.8, 4) is 50.2 Å². The van der Waals surface area contributed by atoms with E-state index in [1.54, 1.807) is 12.1 Å². The molecule has 2 nitrogen and oxygen atoms in total. The first-order chi connectivity index (χ1) is 30.6. The van der Waals surface area contributed by atoms with Crippen molar-refractivity contribution in [2.45, 2.75) is 38.5 Å². The Morgan fingerprint density at radius 2 is 0.857 bits per heavy atom. The first-order valence-electron chi connectivity index (χ1n) is 21.9. The standard InChI is InChI=1S/C60H45FN2/c1-59(2)53-16-10-8-14-47(53)49-31-28-45(36-55(49)59)62(43-26-22-42(61)23-27-43)46-29-32-50-48-30-20-41(35-54(48)60(3,4)56(50)37-46)40-21-33-58-52(34-40)51-15-9-11-17-57(51)63(58)44-24-18-39(19-25-44)38-12-6-5-7-13-38/h5-37H,1-4H3. The summed E-state index contributed by atoms with van der Waals surface area (Å²) in [7, 11) is 0. The molecule has 1 heterocycles. The van der Waals surface area contributed by atoms with Gasteiger partial charge in [0.2, 0.25) is 0 Å². The third-order valence-corrected chi connectivity index (χ3v) is 14.1. The Bertz CT molecular complexity index is 3440. The summed E-state index contributed by atoms with van der Waals surface area (Å²) in [5.41, 5.74) is 21.3. The summed E-state index contributed by atoms with van der Waals surface area (Å²) >= 11 is 0. The summed E-state index contributed by atoms with van der Waals surface area (Å²) in [6.07, 6.45) is 0. The maximum Gasteiger partial charge on any atom is 0.123 e. The molecule has 9 aromatic carbocycles. The quantitative estimate of drug-likeness (QED) is 0.162. The monoisotopic (exact) mass is 812 g/mol. The number of benzene rings is 9. The summed E-state index contributed by atoms with van der Waals surface area (Å²) < 4.78 is 16.8. The number of hydrogen-bond donors (Lipinski definition) is 0. The molecule has 0 aliphatic heterocycles. The van der Waals surface area contributed by atoms with Gasteiger partial charge in [-0.2, -0.15) is 0 Å². The van der Waals surface area contributed by atoms with Gasteiger partial charge < -0.3 is 9.47 Å². The molecule has 0 fully saturated rings. The SMILES string of the molecule is CC1(C)c2ccccc2-c2ccc(N(c3ccc(F)cc3)c3ccc4c(c3)C(C)(C)c3cc(-c5ccc6c(c5)c5ccccc5n6-c5ccc(-c6ccccc6)cc5)ccc3-4)cc21. The van der Waals surface area contributed by atoms with Gasteiger partial charge in [0.25, 0.3) is 0 Å². The smallest absolute Gasteiger partial charge is 0.123 e. The van der Waals surface area contributed by atoms with Gasteiger partial charge in [0.05, 0.1) is 11.0 Å². The van der Waals surface area contributed by atoms with Crippen LogP contribution >= 0.6 is 0 Å². The van der Waals surface area contributed by atoms with Crippen molar-refractivity contribution in [1.82, 2.24) is 4.57 Å². The fourth-order valence-corrected chi connectivity index (χ4v) is 10.8. The predicted molar refractivity (Wildman–Crippen MR) is 261 cm³/mol. The predicted octanol–water partition coefficient (Wildman–Crippen LogP) is 16.3. The van der Waals surface area contributed by atoms with Crippen LogP contribution in [0.4, 0.5) is 21.5 Å². The molecule has 63 heavy (non-hydrogen) atoms. The minimum absolute atomic E-state index is 0.146. The van der Waals surface area contributed by atoms with E-state index in [0.717, 1.165) is 22.7 Å². The van der Waals surface area contributed by atoms with Crippen LogP contribution in [-0.2, 0) is 10.8 Å². The zero-order valence-corrected chi connectivity index (χ0v) is 35.8. The van der Waals surface area contributed by atoms with Gasteiger partial charge in [-0.3, -0.25) is 0 Å². The van der Waals surface area contributed by atoms with Crippen LogP contribution in [0.2, 0.25) is 0 Å². The molecule has 2 aliphatic rings. The van der Waals surface area contributed by atoms with Gasteiger partial charge in [-0.05, 0) is 152 Å². The molecule has 0 N–H and O–H groups in total. The molecule has 0 saturated heterocycles. The third-order valence-electron chi connectivity index (χ3n) is 14.1. The molecule has 12 rings (SSSR count). The lowest BCUT2D eigenvalue weighted by Crippen LogP contribution is -2.18. The Kier molecular flexibility index (Phi) is 8.14. The van der Waals surface area contributed by atoms with E-state index in [1.807, 2.05) is 12.1 Å². The average molecular weight is 813 g/mol. The second-order valence-electron chi connectivity index (χ2n) is 18.3. The van der Waals surface area contributed by atoms with Crippen LogP contribution in [0.3, 0.4) is 0 Å². The lowest BCUT2D eigenvalue weighted by molar-refractivity contribution is 0.628. The van der Waals surface area contributed by atoms with Crippen molar-refractivity contribution in [2.24, 2.45) is 0 Å². The Labute approximate surface area is 368 Å². The van der Waals surface area contributed by atoms with Crippen LogP contribution in [0, 0.1) is 5.82 Å². The van der Waals surface area contributed by atoms with Gasteiger partial charge >= 0.3 is 0 Å². The second kappa shape index (κ2) is 13.8. The first-order valence-corrected chi connectivity index (χ1v) is 21.9. The van der Waals surface area contributed by atoms with Gasteiger partial charge in [-0.25, -0.2) is 4.39 Å². The van der Waals surface area contributed by atoms with Crippen LogP contribution in [0.15, 0.2) is 200 Å². The van der Waals surface area contributed by atoms with E-state index in [9.17, 15) is 4.39 Å². The van der Waals surface area contributed by atoms with E-state index >= 15 is 0 Å². The Hall–Kier alpha value is -7.49. The number of hydrogen-bond acceptors (Lipinski definition) is 1. The number of nitrogens with zero attached hydrogens (tertiary/aromatic N) is 2. The van der Waals surface area contributed by atoms with E-state index in [-0.39, 0.29) is 16.6 Å².